The number of hydrogen-bond acceptors (Lipinski definition) is 2. The molecule has 0 aliphatic carbocycles. The maximum absolute atomic E-state index is 10.1. The topological polar surface area (TPSA) is 26.3 Å². The van der Waals surface area contributed by atoms with Crippen LogP contribution in [0.15, 0.2) is 0 Å². The van der Waals surface area contributed by atoms with Crippen LogP contribution in [0.4, 0.5) is 0 Å². The van der Waals surface area contributed by atoms with Gasteiger partial charge in [0.2, 0.25) is 0 Å². The van der Waals surface area contributed by atoms with Crippen molar-refractivity contribution in [3.8, 4) is 0 Å². The van der Waals surface area contributed by atoms with Crippen LogP contribution in [0.25, 0.3) is 0 Å². The molecule has 0 rings (SSSR count). The van der Waals surface area contributed by atoms with Gasteiger partial charge in [-0.15, -0.1) is 0 Å². The molecule has 0 atom stereocenters. The second-order valence-electron chi connectivity index (χ2n) is 1.31. The Morgan fingerprint density at radius 2 is 2.50 bits per heavy atom. The van der Waals surface area contributed by atoms with Crippen molar-refractivity contribution >= 4 is 16.3 Å². The van der Waals surface area contributed by atoms with Crippen LogP contribution in [0.3, 0.4) is 0 Å². The zero-order chi connectivity index (χ0) is 6.41. The predicted octanol–water partition coefficient (Wildman–Crippen LogP) is 1.51. The van der Waals surface area contributed by atoms with Gasteiger partial charge in [-0.1, -0.05) is 0 Å². The molecule has 0 aromatic heterocycles. The second-order valence-corrected chi connectivity index (χ2v) is 2.53. The molecule has 0 heterocycles. The van der Waals surface area contributed by atoms with Crippen LogP contribution < -0.4 is 0 Å². The van der Waals surface area contributed by atoms with Crippen LogP contribution >= 0.6 is 11.9 Å². The molecule has 0 aromatic rings. The molecule has 2 nitrogen and oxygen atoms in total. The molecule has 0 amide bonds. The molecular formula is C4H7ClO2V. The summed E-state index contributed by atoms with van der Waals surface area (Å²) in [6.45, 7) is 1.98. The Hall–Kier alpha value is 0.504. The van der Waals surface area contributed by atoms with Gasteiger partial charge >= 0.3 is 59.8 Å². The summed E-state index contributed by atoms with van der Waals surface area (Å²) in [6.07, 6.45) is 1.65. The standard InChI is InChI=1S/C4H7ClO.O.V/c1-2-3-4-6-5;;/h2-3H2,1H3;;. The SMILES string of the molecule is CCC[C](OCl)=[V]=[O]. The van der Waals surface area contributed by atoms with E-state index >= 15 is 0 Å². The second kappa shape index (κ2) is 5.64. The van der Waals surface area contributed by atoms with Gasteiger partial charge in [-0.05, 0) is 0 Å². The maximum atomic E-state index is 10.1. The van der Waals surface area contributed by atoms with Crippen LogP contribution in [0.1, 0.15) is 19.8 Å². The molecule has 0 radical (unpaired) electrons. The van der Waals surface area contributed by atoms with E-state index in [2.05, 4.69) is 4.29 Å². The van der Waals surface area contributed by atoms with Gasteiger partial charge in [-0.3, -0.25) is 0 Å². The molecule has 0 aliphatic rings. The Morgan fingerprint density at radius 1 is 1.88 bits per heavy atom. The third-order valence-corrected chi connectivity index (χ3v) is 1.82. The van der Waals surface area contributed by atoms with Gasteiger partial charge in [0.25, 0.3) is 0 Å². The summed E-state index contributed by atoms with van der Waals surface area (Å²) in [7, 11) is 0. The minimum absolute atomic E-state index is 0.519. The van der Waals surface area contributed by atoms with Crippen molar-refractivity contribution in [3.63, 3.8) is 0 Å². The zero-order valence-electron chi connectivity index (χ0n) is 4.56. The molecule has 47 valence electrons. The van der Waals surface area contributed by atoms with Gasteiger partial charge in [0.15, 0.2) is 0 Å². The van der Waals surface area contributed by atoms with Crippen LogP contribution in [0, 0.1) is 0 Å². The Morgan fingerprint density at radius 3 is 2.62 bits per heavy atom. The quantitative estimate of drug-likeness (QED) is 0.647. The van der Waals surface area contributed by atoms with E-state index in [1.807, 2.05) is 6.92 Å². The van der Waals surface area contributed by atoms with Crippen molar-refractivity contribution in [2.75, 3.05) is 0 Å². The molecule has 0 aliphatic heterocycles. The molecule has 8 heavy (non-hydrogen) atoms. The molecule has 0 aromatic carbocycles. The monoisotopic (exact) mass is 173 g/mol. The van der Waals surface area contributed by atoms with E-state index in [4.69, 9.17) is 11.9 Å². The summed E-state index contributed by atoms with van der Waals surface area (Å²) < 4.78 is 14.9. The Labute approximate surface area is 60.2 Å². The van der Waals surface area contributed by atoms with Crippen LogP contribution in [-0.2, 0) is 23.8 Å². The van der Waals surface area contributed by atoms with E-state index in [1.54, 1.807) is 0 Å². The van der Waals surface area contributed by atoms with Gasteiger partial charge in [0.1, 0.15) is 0 Å². The van der Waals surface area contributed by atoms with Crippen molar-refractivity contribution in [1.29, 1.82) is 0 Å². The summed E-state index contributed by atoms with van der Waals surface area (Å²) in [6, 6.07) is 0. The fourth-order valence-electron chi connectivity index (χ4n) is 0.312. The number of halogens is 1. The zero-order valence-corrected chi connectivity index (χ0v) is 6.71. The first kappa shape index (κ1) is 8.50. The number of rotatable bonds is 3. The summed E-state index contributed by atoms with van der Waals surface area (Å²) in [4.78, 5) is 0. The van der Waals surface area contributed by atoms with Crippen LogP contribution in [0.2, 0.25) is 0 Å². The Bertz CT molecular complexity index is 109. The van der Waals surface area contributed by atoms with Gasteiger partial charge in [-0.25, -0.2) is 0 Å². The molecule has 0 fully saturated rings. The predicted molar refractivity (Wildman–Crippen MR) is 27.5 cm³/mol. The van der Waals surface area contributed by atoms with E-state index in [-0.39, 0.29) is 0 Å². The average Bonchev–Trinajstić information content (AvgIpc) is 1.83. The summed E-state index contributed by atoms with van der Waals surface area (Å²) in [5.41, 5.74) is 0. The van der Waals surface area contributed by atoms with Gasteiger partial charge in [0.05, 0.1) is 0 Å². The van der Waals surface area contributed by atoms with Gasteiger partial charge in [-0.2, -0.15) is 0 Å². The van der Waals surface area contributed by atoms with Crippen molar-refractivity contribution < 1.29 is 23.8 Å². The molecule has 0 N–H and O–H groups in total. The molecular weight excluding hydrogens is 166 g/mol. The molecule has 0 bridgehead atoms. The van der Waals surface area contributed by atoms with E-state index in [0.29, 0.717) is 10.8 Å². The first-order chi connectivity index (χ1) is 3.85. The van der Waals surface area contributed by atoms with E-state index in [1.165, 1.54) is 0 Å². The van der Waals surface area contributed by atoms with Crippen molar-refractivity contribution in [2.24, 2.45) is 0 Å². The molecule has 4 heteroatoms. The normalized spacial score (nSPS) is 8.25. The fraction of sp³-hybridized carbons (Fsp3) is 0.750. The van der Waals surface area contributed by atoms with Crippen LogP contribution in [-0.4, -0.2) is 4.41 Å². The first-order valence-corrected chi connectivity index (χ1v) is 3.90. The van der Waals surface area contributed by atoms with Crippen molar-refractivity contribution in [1.82, 2.24) is 0 Å². The minimum atomic E-state index is -1.03. The fourth-order valence-corrected chi connectivity index (χ4v) is 1.04. The number of hydrogen-bond donors (Lipinski definition) is 0. The van der Waals surface area contributed by atoms with E-state index in [9.17, 15) is 3.67 Å². The summed E-state index contributed by atoms with van der Waals surface area (Å²) >= 11 is 3.90. The molecule has 0 saturated carbocycles. The average molecular weight is 173 g/mol. The van der Waals surface area contributed by atoms with Crippen molar-refractivity contribution in [2.45, 2.75) is 19.8 Å². The van der Waals surface area contributed by atoms with Gasteiger partial charge in [0, 0.05) is 0 Å². The Balaban J connectivity index is 3.55. The molecule has 0 unspecified atom stereocenters. The van der Waals surface area contributed by atoms with Crippen molar-refractivity contribution in [3.05, 3.63) is 0 Å². The first-order valence-electron chi connectivity index (χ1n) is 2.33. The molecule has 0 saturated heterocycles. The molecule has 0 spiro atoms. The third kappa shape index (κ3) is 3.50. The Kier molecular flexibility index (Phi) is 5.99. The van der Waals surface area contributed by atoms with E-state index in [0.717, 1.165) is 6.42 Å². The third-order valence-electron chi connectivity index (χ3n) is 0.655. The van der Waals surface area contributed by atoms with Crippen LogP contribution in [0.5, 0.6) is 0 Å². The summed E-state index contributed by atoms with van der Waals surface area (Å²) in [5.74, 6) is 0. The van der Waals surface area contributed by atoms with Gasteiger partial charge < -0.3 is 0 Å². The summed E-state index contributed by atoms with van der Waals surface area (Å²) in [5, 5.41) is 0. The van der Waals surface area contributed by atoms with E-state index < -0.39 is 15.8 Å².